The summed E-state index contributed by atoms with van der Waals surface area (Å²) >= 11 is 0. The van der Waals surface area contributed by atoms with Crippen molar-refractivity contribution in [1.82, 2.24) is 15.2 Å². The zero-order chi connectivity index (χ0) is 18.1. The second-order valence-corrected chi connectivity index (χ2v) is 6.40. The lowest BCUT2D eigenvalue weighted by Gasteiger charge is -1.99. The Morgan fingerprint density at radius 3 is 2.85 bits per heavy atom. The van der Waals surface area contributed by atoms with Gasteiger partial charge in [0.15, 0.2) is 11.4 Å². The van der Waals surface area contributed by atoms with Gasteiger partial charge in [0.2, 0.25) is 0 Å². The molecule has 0 spiro atoms. The number of carbonyl (C=O) groups excluding carboxylic acids is 1. The standard InChI is InChI=1S/C19H18N4O3/c1-12-9-15(12)17-8-7-14(26-17)10-20-21-19(25)18-16(24)11-23(22-18)13-5-3-2-4-6-13/h2-8,10-12,15,24H,9H2,1H3,(H,21,25)/b20-10-/t12-,15+/m1/s1. The van der Waals surface area contributed by atoms with Gasteiger partial charge in [-0.1, -0.05) is 25.1 Å². The number of aromatic hydroxyl groups is 1. The molecule has 0 bridgehead atoms. The van der Waals surface area contributed by atoms with Crippen molar-refractivity contribution in [2.45, 2.75) is 19.3 Å². The first-order chi connectivity index (χ1) is 12.6. The minimum atomic E-state index is -0.601. The first kappa shape index (κ1) is 16.1. The molecule has 1 amide bonds. The number of nitrogens with one attached hydrogen (secondary N) is 1. The van der Waals surface area contributed by atoms with Crippen molar-refractivity contribution in [3.05, 3.63) is 65.9 Å². The zero-order valence-corrected chi connectivity index (χ0v) is 14.2. The third-order valence-corrected chi connectivity index (χ3v) is 4.41. The van der Waals surface area contributed by atoms with Gasteiger partial charge in [-0.15, -0.1) is 0 Å². The van der Waals surface area contributed by atoms with Crippen LogP contribution in [0.25, 0.3) is 5.69 Å². The van der Waals surface area contributed by atoms with Crippen molar-refractivity contribution in [2.24, 2.45) is 11.0 Å². The number of nitrogens with zero attached hydrogens (tertiary/aromatic N) is 3. The van der Waals surface area contributed by atoms with Crippen molar-refractivity contribution >= 4 is 12.1 Å². The molecule has 7 heteroatoms. The Morgan fingerprint density at radius 1 is 1.35 bits per heavy atom. The summed E-state index contributed by atoms with van der Waals surface area (Å²) in [7, 11) is 0. The minimum absolute atomic E-state index is 0.0991. The number of benzene rings is 1. The largest absolute Gasteiger partial charge is 0.504 e. The molecule has 3 aromatic rings. The third kappa shape index (κ3) is 3.23. The van der Waals surface area contributed by atoms with E-state index < -0.39 is 5.91 Å². The highest BCUT2D eigenvalue weighted by molar-refractivity contribution is 5.95. The van der Waals surface area contributed by atoms with Gasteiger partial charge in [-0.3, -0.25) is 4.79 Å². The quantitative estimate of drug-likeness (QED) is 0.546. The highest BCUT2D eigenvalue weighted by atomic mass is 16.3. The van der Waals surface area contributed by atoms with Crippen LogP contribution >= 0.6 is 0 Å². The highest BCUT2D eigenvalue weighted by Gasteiger charge is 2.36. The number of furan rings is 1. The molecule has 0 radical (unpaired) electrons. The molecule has 2 atom stereocenters. The summed E-state index contributed by atoms with van der Waals surface area (Å²) in [6, 6.07) is 13.0. The van der Waals surface area contributed by atoms with Gasteiger partial charge in [-0.2, -0.15) is 10.2 Å². The van der Waals surface area contributed by atoms with Gasteiger partial charge in [-0.05, 0) is 36.6 Å². The molecule has 2 heterocycles. The maximum absolute atomic E-state index is 12.2. The van der Waals surface area contributed by atoms with Crippen molar-refractivity contribution in [1.29, 1.82) is 0 Å². The first-order valence-corrected chi connectivity index (χ1v) is 8.39. The molecule has 132 valence electrons. The highest BCUT2D eigenvalue weighted by Crippen LogP contribution is 2.47. The monoisotopic (exact) mass is 350 g/mol. The van der Waals surface area contributed by atoms with Crippen LogP contribution in [0.15, 0.2) is 58.2 Å². The fourth-order valence-corrected chi connectivity index (χ4v) is 2.80. The maximum Gasteiger partial charge on any atom is 0.295 e. The van der Waals surface area contributed by atoms with Gasteiger partial charge in [-0.25, -0.2) is 10.1 Å². The molecule has 1 saturated carbocycles. The minimum Gasteiger partial charge on any atom is -0.504 e. The van der Waals surface area contributed by atoms with E-state index in [2.05, 4.69) is 22.5 Å². The molecular formula is C19H18N4O3. The molecule has 7 nitrogen and oxygen atoms in total. The molecular weight excluding hydrogens is 332 g/mol. The Morgan fingerprint density at radius 2 is 2.12 bits per heavy atom. The lowest BCUT2D eigenvalue weighted by atomic mass is 10.3. The van der Waals surface area contributed by atoms with Crippen LogP contribution in [-0.4, -0.2) is 27.0 Å². The second-order valence-electron chi connectivity index (χ2n) is 6.40. The molecule has 4 rings (SSSR count). The van der Waals surface area contributed by atoms with E-state index in [0.29, 0.717) is 17.6 Å². The van der Waals surface area contributed by atoms with Gasteiger partial charge in [0.1, 0.15) is 11.5 Å². The Bertz CT molecular complexity index is 958. The van der Waals surface area contributed by atoms with Gasteiger partial charge < -0.3 is 9.52 Å². The summed E-state index contributed by atoms with van der Waals surface area (Å²) < 4.78 is 7.12. The van der Waals surface area contributed by atoms with Crippen LogP contribution in [-0.2, 0) is 0 Å². The zero-order valence-electron chi connectivity index (χ0n) is 14.2. The number of hydrogen-bond donors (Lipinski definition) is 2. The third-order valence-electron chi connectivity index (χ3n) is 4.41. The van der Waals surface area contributed by atoms with E-state index in [-0.39, 0.29) is 11.4 Å². The van der Waals surface area contributed by atoms with Crippen LogP contribution in [0.2, 0.25) is 0 Å². The van der Waals surface area contributed by atoms with Crippen LogP contribution in [0, 0.1) is 5.92 Å². The fraction of sp³-hybridized carbons (Fsp3) is 0.211. The van der Waals surface area contributed by atoms with E-state index in [0.717, 1.165) is 17.9 Å². The molecule has 0 saturated heterocycles. The lowest BCUT2D eigenvalue weighted by Crippen LogP contribution is -2.18. The molecule has 26 heavy (non-hydrogen) atoms. The molecule has 1 aliphatic carbocycles. The van der Waals surface area contributed by atoms with Crippen LogP contribution in [0.5, 0.6) is 5.75 Å². The normalized spacial score (nSPS) is 19.0. The van der Waals surface area contributed by atoms with Crippen molar-refractivity contribution < 1.29 is 14.3 Å². The first-order valence-electron chi connectivity index (χ1n) is 8.39. The van der Waals surface area contributed by atoms with E-state index in [1.54, 1.807) is 0 Å². The summed E-state index contributed by atoms with van der Waals surface area (Å²) in [5, 5.41) is 17.9. The summed E-state index contributed by atoms with van der Waals surface area (Å²) in [6.45, 7) is 2.18. The summed E-state index contributed by atoms with van der Waals surface area (Å²) in [5.74, 6) is 1.85. The lowest BCUT2D eigenvalue weighted by molar-refractivity contribution is 0.0947. The Balaban J connectivity index is 1.42. The second kappa shape index (κ2) is 6.51. The van der Waals surface area contributed by atoms with Gasteiger partial charge in [0, 0.05) is 5.92 Å². The predicted octanol–water partition coefficient (Wildman–Crippen LogP) is 3.06. The molecule has 1 aromatic carbocycles. The smallest absolute Gasteiger partial charge is 0.295 e. The SMILES string of the molecule is C[C@@H]1C[C@@H]1c1ccc(/C=N\NC(=O)c2nn(-c3ccccc3)cc2O)o1. The maximum atomic E-state index is 12.2. The number of amides is 1. The average Bonchev–Trinajstić information content (AvgIpc) is 3.05. The molecule has 1 aliphatic rings. The fourth-order valence-electron chi connectivity index (χ4n) is 2.80. The van der Waals surface area contributed by atoms with Crippen molar-refractivity contribution in [3.63, 3.8) is 0 Å². The summed E-state index contributed by atoms with van der Waals surface area (Å²) in [5.41, 5.74) is 2.99. The van der Waals surface area contributed by atoms with Gasteiger partial charge in [0.25, 0.3) is 5.91 Å². The molecule has 2 aromatic heterocycles. The van der Waals surface area contributed by atoms with Crippen LogP contribution < -0.4 is 5.43 Å². The number of hydrogen-bond acceptors (Lipinski definition) is 5. The van der Waals surface area contributed by atoms with Gasteiger partial charge >= 0.3 is 0 Å². The Labute approximate surface area is 150 Å². The van der Waals surface area contributed by atoms with Crippen LogP contribution in [0.3, 0.4) is 0 Å². The van der Waals surface area contributed by atoms with E-state index in [1.807, 2.05) is 42.5 Å². The summed E-state index contributed by atoms with van der Waals surface area (Å²) in [4.78, 5) is 12.2. The van der Waals surface area contributed by atoms with Crippen LogP contribution in [0.4, 0.5) is 0 Å². The average molecular weight is 350 g/mol. The van der Waals surface area contributed by atoms with Crippen molar-refractivity contribution in [3.8, 4) is 11.4 Å². The number of para-hydroxylation sites is 1. The number of aromatic nitrogens is 2. The Hall–Kier alpha value is -3.35. The van der Waals surface area contributed by atoms with Gasteiger partial charge in [0.05, 0.1) is 18.1 Å². The van der Waals surface area contributed by atoms with E-state index in [9.17, 15) is 9.90 Å². The Kier molecular flexibility index (Phi) is 4.04. The van der Waals surface area contributed by atoms with Crippen LogP contribution in [0.1, 0.15) is 41.3 Å². The molecule has 0 aliphatic heterocycles. The van der Waals surface area contributed by atoms with E-state index >= 15 is 0 Å². The number of hydrazone groups is 1. The van der Waals surface area contributed by atoms with Crippen molar-refractivity contribution in [2.75, 3.05) is 0 Å². The van der Waals surface area contributed by atoms with E-state index in [1.165, 1.54) is 17.1 Å². The number of rotatable bonds is 5. The number of carbonyl (C=O) groups is 1. The topological polar surface area (TPSA) is 92.7 Å². The van der Waals surface area contributed by atoms with E-state index in [4.69, 9.17) is 4.42 Å². The molecule has 2 N–H and O–H groups in total. The predicted molar refractivity (Wildman–Crippen MR) is 95.5 cm³/mol. The molecule has 0 unspecified atom stereocenters. The summed E-state index contributed by atoms with van der Waals surface area (Å²) in [6.07, 6.45) is 3.95. The molecule has 1 fully saturated rings.